The Balaban J connectivity index is 2.20. The molecule has 15 heavy (non-hydrogen) atoms. The fourth-order valence-electron chi connectivity index (χ4n) is 2.56. The van der Waals surface area contributed by atoms with Gasteiger partial charge in [-0.1, -0.05) is 26.7 Å². The van der Waals surface area contributed by atoms with Crippen LogP contribution in [-0.2, 0) is 0 Å². The molecule has 1 saturated carbocycles. The smallest absolute Gasteiger partial charge is 0.0628 e. The molecule has 1 atom stereocenters. The molecule has 2 heteroatoms. The van der Waals surface area contributed by atoms with Crippen molar-refractivity contribution in [3.8, 4) is 0 Å². The Bertz CT molecular complexity index is 321. The molecule has 1 unspecified atom stereocenters. The third kappa shape index (κ3) is 2.09. The highest BCUT2D eigenvalue weighted by Crippen LogP contribution is 2.31. The highest BCUT2D eigenvalue weighted by molar-refractivity contribution is 5.20. The van der Waals surface area contributed by atoms with E-state index >= 15 is 0 Å². The van der Waals surface area contributed by atoms with E-state index in [1.54, 1.807) is 0 Å². The molecule has 1 heterocycles. The number of aromatic nitrogens is 2. The molecular weight excluding hydrogens is 184 g/mol. The third-order valence-electron chi connectivity index (χ3n) is 3.80. The van der Waals surface area contributed by atoms with Gasteiger partial charge in [-0.15, -0.1) is 0 Å². The molecule has 0 amide bonds. The van der Waals surface area contributed by atoms with E-state index in [1.807, 2.05) is 0 Å². The normalized spacial score (nSPS) is 19.7. The molecule has 0 bridgehead atoms. The van der Waals surface area contributed by atoms with Gasteiger partial charge in [-0.05, 0) is 37.7 Å². The molecule has 0 radical (unpaired) electrons. The maximum absolute atomic E-state index is 4.68. The molecule has 1 aliphatic carbocycles. The fraction of sp³-hybridized carbons (Fsp3) is 0.769. The zero-order valence-corrected chi connectivity index (χ0v) is 10.2. The summed E-state index contributed by atoms with van der Waals surface area (Å²) in [5, 5.41) is 4.68. The molecule has 0 N–H and O–H groups in total. The minimum atomic E-state index is 0.653. The zero-order chi connectivity index (χ0) is 10.8. The predicted octanol–water partition coefficient (Wildman–Crippen LogP) is 3.82. The number of rotatable bonds is 3. The van der Waals surface area contributed by atoms with Gasteiger partial charge in [0.15, 0.2) is 0 Å². The van der Waals surface area contributed by atoms with Gasteiger partial charge in [0.25, 0.3) is 0 Å². The molecule has 1 fully saturated rings. The molecule has 2 rings (SSSR count). The molecular formula is C13H22N2. The Hall–Kier alpha value is -0.790. The lowest BCUT2D eigenvalue weighted by molar-refractivity contribution is 0.464. The van der Waals surface area contributed by atoms with Crippen molar-refractivity contribution in [3.63, 3.8) is 0 Å². The Morgan fingerprint density at radius 1 is 1.47 bits per heavy atom. The molecule has 0 spiro atoms. The van der Waals surface area contributed by atoms with Gasteiger partial charge in [-0.2, -0.15) is 5.10 Å². The van der Waals surface area contributed by atoms with E-state index in [0.29, 0.717) is 12.0 Å². The second-order valence-electron chi connectivity index (χ2n) is 4.90. The highest BCUT2D eigenvalue weighted by Gasteiger charge is 2.19. The van der Waals surface area contributed by atoms with E-state index < -0.39 is 0 Å². The monoisotopic (exact) mass is 206 g/mol. The van der Waals surface area contributed by atoms with Gasteiger partial charge in [-0.3, -0.25) is 4.68 Å². The highest BCUT2D eigenvalue weighted by atomic mass is 15.3. The molecule has 0 aromatic carbocycles. The lowest BCUT2D eigenvalue weighted by atomic mass is 10.00. The Morgan fingerprint density at radius 3 is 2.73 bits per heavy atom. The minimum absolute atomic E-state index is 0.653. The number of nitrogens with zero attached hydrogens (tertiary/aromatic N) is 2. The van der Waals surface area contributed by atoms with Gasteiger partial charge < -0.3 is 0 Å². The van der Waals surface area contributed by atoms with E-state index in [9.17, 15) is 0 Å². The van der Waals surface area contributed by atoms with Crippen molar-refractivity contribution in [2.75, 3.05) is 0 Å². The van der Waals surface area contributed by atoms with Crippen LogP contribution in [0.2, 0.25) is 0 Å². The van der Waals surface area contributed by atoms with Crippen LogP contribution >= 0.6 is 0 Å². The standard InChI is InChI=1S/C13H22N2/c1-4-10(2)13-9-15(14-11(13)3)12-7-5-6-8-12/h9-10,12H,4-8H2,1-3H3. The SMILES string of the molecule is CCC(C)c1cn(C2CCCC2)nc1C. The van der Waals surface area contributed by atoms with E-state index in [4.69, 9.17) is 0 Å². The van der Waals surface area contributed by atoms with Crippen LogP contribution in [0.5, 0.6) is 0 Å². The summed E-state index contributed by atoms with van der Waals surface area (Å²) in [5.41, 5.74) is 2.68. The van der Waals surface area contributed by atoms with E-state index in [-0.39, 0.29) is 0 Å². The minimum Gasteiger partial charge on any atom is -0.269 e. The van der Waals surface area contributed by atoms with Crippen LogP contribution in [0.25, 0.3) is 0 Å². The third-order valence-corrected chi connectivity index (χ3v) is 3.80. The molecule has 1 aliphatic rings. The van der Waals surface area contributed by atoms with Crippen LogP contribution in [0.15, 0.2) is 6.20 Å². The van der Waals surface area contributed by atoms with Crippen molar-refractivity contribution < 1.29 is 0 Å². The first-order chi connectivity index (χ1) is 7.22. The first kappa shape index (κ1) is 10.7. The molecule has 0 saturated heterocycles. The topological polar surface area (TPSA) is 17.8 Å². The molecule has 84 valence electrons. The summed E-state index contributed by atoms with van der Waals surface area (Å²) in [5.74, 6) is 0.653. The maximum Gasteiger partial charge on any atom is 0.0628 e. The van der Waals surface area contributed by atoms with Crippen molar-refractivity contribution in [1.82, 2.24) is 9.78 Å². The van der Waals surface area contributed by atoms with Crippen LogP contribution < -0.4 is 0 Å². The predicted molar refractivity (Wildman–Crippen MR) is 63.2 cm³/mol. The average molecular weight is 206 g/mol. The van der Waals surface area contributed by atoms with E-state index in [1.165, 1.54) is 43.4 Å². The zero-order valence-electron chi connectivity index (χ0n) is 10.2. The van der Waals surface area contributed by atoms with Crippen LogP contribution in [0, 0.1) is 6.92 Å². The fourth-order valence-corrected chi connectivity index (χ4v) is 2.56. The van der Waals surface area contributed by atoms with Crippen molar-refractivity contribution in [1.29, 1.82) is 0 Å². The van der Waals surface area contributed by atoms with Crippen LogP contribution in [-0.4, -0.2) is 9.78 Å². The summed E-state index contributed by atoms with van der Waals surface area (Å²) in [6.07, 6.45) is 8.89. The second-order valence-corrected chi connectivity index (χ2v) is 4.90. The second kappa shape index (κ2) is 4.38. The largest absolute Gasteiger partial charge is 0.269 e. The van der Waals surface area contributed by atoms with Gasteiger partial charge in [-0.25, -0.2) is 0 Å². The van der Waals surface area contributed by atoms with Gasteiger partial charge in [0, 0.05) is 6.20 Å². The summed E-state index contributed by atoms with van der Waals surface area (Å²) in [6.45, 7) is 6.69. The van der Waals surface area contributed by atoms with E-state index in [2.05, 4.69) is 36.7 Å². The molecule has 1 aromatic rings. The Morgan fingerprint density at radius 2 is 2.13 bits per heavy atom. The first-order valence-corrected chi connectivity index (χ1v) is 6.28. The lowest BCUT2D eigenvalue weighted by Crippen LogP contribution is -2.04. The quantitative estimate of drug-likeness (QED) is 0.735. The van der Waals surface area contributed by atoms with Crippen molar-refractivity contribution in [2.45, 2.75) is 64.8 Å². The first-order valence-electron chi connectivity index (χ1n) is 6.28. The number of aryl methyl sites for hydroxylation is 1. The summed E-state index contributed by atoms with van der Waals surface area (Å²) in [7, 11) is 0. The van der Waals surface area contributed by atoms with Gasteiger partial charge in [0.2, 0.25) is 0 Å². The maximum atomic E-state index is 4.68. The van der Waals surface area contributed by atoms with Crippen molar-refractivity contribution in [2.24, 2.45) is 0 Å². The summed E-state index contributed by atoms with van der Waals surface area (Å²) >= 11 is 0. The summed E-state index contributed by atoms with van der Waals surface area (Å²) in [6, 6.07) is 0.682. The average Bonchev–Trinajstić information content (AvgIpc) is 2.84. The number of hydrogen-bond donors (Lipinski definition) is 0. The summed E-state index contributed by atoms with van der Waals surface area (Å²) < 4.78 is 2.23. The van der Waals surface area contributed by atoms with Gasteiger partial charge in [0.05, 0.1) is 11.7 Å². The summed E-state index contributed by atoms with van der Waals surface area (Å²) in [4.78, 5) is 0. The van der Waals surface area contributed by atoms with Gasteiger partial charge in [0.1, 0.15) is 0 Å². The van der Waals surface area contributed by atoms with Crippen molar-refractivity contribution >= 4 is 0 Å². The van der Waals surface area contributed by atoms with Crippen LogP contribution in [0.1, 0.15) is 69.2 Å². The van der Waals surface area contributed by atoms with Crippen LogP contribution in [0.4, 0.5) is 0 Å². The Kier molecular flexibility index (Phi) is 3.13. The van der Waals surface area contributed by atoms with Crippen molar-refractivity contribution in [3.05, 3.63) is 17.5 Å². The molecule has 2 nitrogen and oxygen atoms in total. The molecule has 0 aliphatic heterocycles. The van der Waals surface area contributed by atoms with E-state index in [0.717, 1.165) is 0 Å². The van der Waals surface area contributed by atoms with Crippen LogP contribution in [0.3, 0.4) is 0 Å². The molecule has 1 aromatic heterocycles. The lowest BCUT2D eigenvalue weighted by Gasteiger charge is -2.09. The number of hydrogen-bond acceptors (Lipinski definition) is 1. The van der Waals surface area contributed by atoms with Gasteiger partial charge >= 0.3 is 0 Å². The Labute approximate surface area is 92.7 Å².